The molecule has 3 N–H and O–H groups in total. The van der Waals surface area contributed by atoms with Crippen molar-refractivity contribution >= 4 is 50.9 Å². The lowest BCUT2D eigenvalue weighted by molar-refractivity contribution is -0.122. The van der Waals surface area contributed by atoms with E-state index in [9.17, 15) is 22.8 Å². The first kappa shape index (κ1) is 21.3. The number of hydrogen-bond donors (Lipinski definition) is 3. The highest BCUT2D eigenvalue weighted by molar-refractivity contribution is 8.01. The molecule has 2 heterocycles. The maximum absolute atomic E-state index is 12.8. The first-order chi connectivity index (χ1) is 14.8. The molecule has 0 radical (unpaired) electrons. The highest BCUT2D eigenvalue weighted by atomic mass is 32.2. The van der Waals surface area contributed by atoms with Gasteiger partial charge in [-0.05, 0) is 30.3 Å². The number of carbonyl (C=O) groups excluding carboxylic acids is 3. The molecule has 162 valence electrons. The molecule has 9 nitrogen and oxygen atoms in total. The maximum atomic E-state index is 12.8. The van der Waals surface area contributed by atoms with Gasteiger partial charge in [-0.1, -0.05) is 18.2 Å². The van der Waals surface area contributed by atoms with Gasteiger partial charge in [0.25, 0.3) is 0 Å². The molecule has 2 aromatic rings. The van der Waals surface area contributed by atoms with Crippen LogP contribution in [0.1, 0.15) is 6.42 Å². The van der Waals surface area contributed by atoms with Gasteiger partial charge >= 0.3 is 0 Å². The monoisotopic (exact) mass is 460 g/mol. The minimum atomic E-state index is -3.87. The topological polar surface area (TPSA) is 125 Å². The maximum Gasteiger partial charge on any atom is 0.243 e. The zero-order valence-corrected chi connectivity index (χ0v) is 18.0. The van der Waals surface area contributed by atoms with E-state index in [1.54, 1.807) is 12.1 Å². The van der Waals surface area contributed by atoms with Crippen molar-refractivity contribution in [2.75, 3.05) is 30.3 Å². The Kier molecular flexibility index (Phi) is 5.99. The van der Waals surface area contributed by atoms with Crippen molar-refractivity contribution < 1.29 is 22.8 Å². The van der Waals surface area contributed by atoms with Crippen LogP contribution in [0.3, 0.4) is 0 Å². The fourth-order valence-corrected chi connectivity index (χ4v) is 5.86. The normalized spacial score (nSPS) is 19.2. The number of piperazine rings is 1. The number of carbonyl (C=O) groups is 3. The second-order valence-electron chi connectivity index (χ2n) is 7.06. The molecule has 0 bridgehead atoms. The minimum Gasteiger partial charge on any atom is -0.354 e. The van der Waals surface area contributed by atoms with E-state index in [1.807, 2.05) is 18.2 Å². The zero-order valence-electron chi connectivity index (χ0n) is 16.3. The highest BCUT2D eigenvalue weighted by Gasteiger charge is 2.30. The van der Waals surface area contributed by atoms with Gasteiger partial charge in [0, 0.05) is 30.1 Å². The Hall–Kier alpha value is -2.89. The summed E-state index contributed by atoms with van der Waals surface area (Å²) >= 11 is 1.32. The van der Waals surface area contributed by atoms with Crippen molar-refractivity contribution in [1.82, 2.24) is 9.62 Å². The van der Waals surface area contributed by atoms with Crippen molar-refractivity contribution in [3.63, 3.8) is 0 Å². The van der Waals surface area contributed by atoms with Gasteiger partial charge in [-0.3, -0.25) is 14.4 Å². The van der Waals surface area contributed by atoms with Crippen LogP contribution >= 0.6 is 11.8 Å². The Bertz CT molecular complexity index is 1150. The van der Waals surface area contributed by atoms with Crippen LogP contribution in [0, 0.1) is 0 Å². The fraction of sp³-hybridized carbons (Fsp3) is 0.250. The molecule has 1 atom stereocenters. The SMILES string of the molecule is O=C1CN(S(=O)(=O)c2cccc(NC(=O)CC3Sc4ccccc4NC3=O)c2)CCN1. The van der Waals surface area contributed by atoms with Gasteiger partial charge in [-0.25, -0.2) is 8.42 Å². The number of para-hydroxylation sites is 1. The minimum absolute atomic E-state index is 0.0151. The molecule has 0 spiro atoms. The van der Waals surface area contributed by atoms with E-state index in [2.05, 4.69) is 16.0 Å². The summed E-state index contributed by atoms with van der Waals surface area (Å²) in [5.41, 5.74) is 1.02. The smallest absolute Gasteiger partial charge is 0.243 e. The molecule has 1 fully saturated rings. The Morgan fingerprint density at radius 2 is 1.97 bits per heavy atom. The number of thioether (sulfide) groups is 1. The van der Waals surface area contributed by atoms with Crippen LogP contribution in [0.15, 0.2) is 58.3 Å². The van der Waals surface area contributed by atoms with Gasteiger partial charge in [-0.15, -0.1) is 11.8 Å². The zero-order chi connectivity index (χ0) is 22.0. The van der Waals surface area contributed by atoms with E-state index in [0.717, 1.165) is 14.9 Å². The molecular weight excluding hydrogens is 440 g/mol. The summed E-state index contributed by atoms with van der Waals surface area (Å²) in [4.78, 5) is 37.2. The number of fused-ring (bicyclic) bond motifs is 1. The van der Waals surface area contributed by atoms with Crippen molar-refractivity contribution in [1.29, 1.82) is 0 Å². The van der Waals surface area contributed by atoms with E-state index in [4.69, 9.17) is 0 Å². The van der Waals surface area contributed by atoms with Crippen LogP contribution in [-0.2, 0) is 24.4 Å². The summed E-state index contributed by atoms with van der Waals surface area (Å²) in [6.45, 7) is 0.188. The third-order valence-electron chi connectivity index (χ3n) is 4.84. The van der Waals surface area contributed by atoms with E-state index in [1.165, 1.54) is 30.0 Å². The molecule has 0 aliphatic carbocycles. The molecule has 2 aliphatic heterocycles. The van der Waals surface area contributed by atoms with Gasteiger partial charge in [-0.2, -0.15) is 4.31 Å². The molecular formula is C20H20N4O5S2. The average molecular weight is 461 g/mol. The molecule has 2 aliphatic rings. The van der Waals surface area contributed by atoms with Gasteiger partial charge in [0.05, 0.1) is 22.4 Å². The summed E-state index contributed by atoms with van der Waals surface area (Å²) in [6, 6.07) is 13.2. The molecule has 1 unspecified atom stereocenters. The summed E-state index contributed by atoms with van der Waals surface area (Å²) in [5.74, 6) is -1.01. The van der Waals surface area contributed by atoms with Crippen molar-refractivity contribution in [2.45, 2.75) is 21.5 Å². The number of hydrogen-bond acceptors (Lipinski definition) is 6. The third-order valence-corrected chi connectivity index (χ3v) is 7.95. The lowest BCUT2D eigenvalue weighted by atomic mass is 10.2. The first-order valence-electron chi connectivity index (χ1n) is 9.56. The highest BCUT2D eigenvalue weighted by Crippen LogP contribution is 2.36. The Balaban J connectivity index is 1.44. The van der Waals surface area contributed by atoms with Crippen LogP contribution in [0.2, 0.25) is 0 Å². The van der Waals surface area contributed by atoms with Crippen LogP contribution in [-0.4, -0.2) is 55.3 Å². The van der Waals surface area contributed by atoms with Gasteiger partial charge in [0.15, 0.2) is 0 Å². The first-order valence-corrected chi connectivity index (χ1v) is 11.9. The third kappa shape index (κ3) is 4.73. The average Bonchev–Trinajstić information content (AvgIpc) is 2.74. The van der Waals surface area contributed by atoms with Crippen molar-refractivity contribution in [2.24, 2.45) is 0 Å². The molecule has 0 aromatic heterocycles. The van der Waals surface area contributed by atoms with Crippen LogP contribution in [0.5, 0.6) is 0 Å². The number of nitrogens with one attached hydrogen (secondary N) is 3. The van der Waals surface area contributed by atoms with Crippen LogP contribution in [0.4, 0.5) is 11.4 Å². The number of benzene rings is 2. The number of nitrogens with zero attached hydrogens (tertiary/aromatic N) is 1. The van der Waals surface area contributed by atoms with Crippen molar-refractivity contribution in [3.05, 3.63) is 48.5 Å². The lowest BCUT2D eigenvalue weighted by Crippen LogP contribution is -2.49. The molecule has 0 saturated carbocycles. The van der Waals surface area contributed by atoms with Crippen LogP contribution < -0.4 is 16.0 Å². The summed E-state index contributed by atoms with van der Waals surface area (Å²) in [5, 5.41) is 7.45. The van der Waals surface area contributed by atoms with Gasteiger partial charge in [0.1, 0.15) is 0 Å². The standard InChI is InChI=1S/C20H20N4O5S2/c25-18(11-17-20(27)23-15-6-1-2-7-16(15)30-17)22-13-4-3-5-14(10-13)31(28,29)24-9-8-21-19(26)12-24/h1-7,10,17H,8-9,11-12H2,(H,21,26)(H,22,25)(H,23,27). The Morgan fingerprint density at radius 3 is 2.77 bits per heavy atom. The Morgan fingerprint density at radius 1 is 1.16 bits per heavy atom. The number of amides is 3. The Labute approximate surface area is 183 Å². The predicted octanol–water partition coefficient (Wildman–Crippen LogP) is 1.25. The molecule has 11 heteroatoms. The van der Waals surface area contributed by atoms with E-state index < -0.39 is 21.2 Å². The molecule has 3 amide bonds. The number of sulfonamides is 1. The predicted molar refractivity (Wildman–Crippen MR) is 116 cm³/mol. The second kappa shape index (κ2) is 8.69. The molecule has 2 aromatic carbocycles. The van der Waals surface area contributed by atoms with E-state index in [-0.39, 0.29) is 42.8 Å². The van der Waals surface area contributed by atoms with Gasteiger partial charge < -0.3 is 16.0 Å². The largest absolute Gasteiger partial charge is 0.354 e. The fourth-order valence-electron chi connectivity index (χ4n) is 3.31. The second-order valence-corrected chi connectivity index (χ2v) is 10.2. The van der Waals surface area contributed by atoms with Crippen LogP contribution in [0.25, 0.3) is 0 Å². The quantitative estimate of drug-likeness (QED) is 0.617. The van der Waals surface area contributed by atoms with E-state index in [0.29, 0.717) is 5.69 Å². The summed E-state index contributed by atoms with van der Waals surface area (Å²) < 4.78 is 26.8. The molecule has 1 saturated heterocycles. The van der Waals surface area contributed by atoms with E-state index >= 15 is 0 Å². The van der Waals surface area contributed by atoms with Gasteiger partial charge in [0.2, 0.25) is 27.7 Å². The number of anilines is 2. The number of rotatable bonds is 5. The molecule has 31 heavy (non-hydrogen) atoms. The summed E-state index contributed by atoms with van der Waals surface area (Å²) in [7, 11) is -3.87. The lowest BCUT2D eigenvalue weighted by Gasteiger charge is -2.26. The van der Waals surface area contributed by atoms with Crippen molar-refractivity contribution in [3.8, 4) is 0 Å². The molecule has 4 rings (SSSR count). The summed E-state index contributed by atoms with van der Waals surface area (Å²) in [6.07, 6.45) is -0.0614.